The number of aromatic amines is 1. The molecule has 0 saturated carbocycles. The van der Waals surface area contributed by atoms with E-state index in [4.69, 9.17) is 4.74 Å². The van der Waals surface area contributed by atoms with Crippen molar-refractivity contribution in [1.29, 1.82) is 0 Å². The average molecular weight is 275 g/mol. The van der Waals surface area contributed by atoms with Crippen molar-refractivity contribution in [2.45, 2.75) is 13.5 Å². The first-order valence-electron chi connectivity index (χ1n) is 6.40. The van der Waals surface area contributed by atoms with Crippen LogP contribution < -0.4 is 5.56 Å². The SMILES string of the molecule is CCN(Cc1nc2ccccc2c(=O)[nH]1)C(=O)COC. The molecule has 0 radical (unpaired) electrons. The highest BCUT2D eigenvalue weighted by Crippen LogP contribution is 2.07. The van der Waals surface area contributed by atoms with Crippen LogP contribution in [-0.2, 0) is 16.1 Å². The van der Waals surface area contributed by atoms with Gasteiger partial charge >= 0.3 is 0 Å². The molecule has 0 aliphatic carbocycles. The van der Waals surface area contributed by atoms with Crippen LogP contribution >= 0.6 is 0 Å². The lowest BCUT2D eigenvalue weighted by Gasteiger charge is -2.19. The molecule has 1 heterocycles. The van der Waals surface area contributed by atoms with E-state index in [0.29, 0.717) is 23.3 Å². The highest BCUT2D eigenvalue weighted by molar-refractivity contribution is 5.78. The van der Waals surface area contributed by atoms with Crippen LogP contribution in [0.5, 0.6) is 0 Å². The lowest BCUT2D eigenvalue weighted by molar-refractivity contribution is -0.135. The van der Waals surface area contributed by atoms with Gasteiger partial charge in [-0.25, -0.2) is 4.98 Å². The van der Waals surface area contributed by atoms with Crippen molar-refractivity contribution < 1.29 is 9.53 Å². The molecule has 1 aromatic heterocycles. The first-order valence-corrected chi connectivity index (χ1v) is 6.40. The number of likely N-dealkylation sites (N-methyl/N-ethyl adjacent to an activating group) is 1. The molecule has 1 aromatic carbocycles. The highest BCUT2D eigenvalue weighted by atomic mass is 16.5. The number of carbonyl (C=O) groups excluding carboxylic acids is 1. The zero-order valence-electron chi connectivity index (χ0n) is 11.5. The minimum atomic E-state index is -0.194. The third kappa shape index (κ3) is 3.03. The van der Waals surface area contributed by atoms with Crippen molar-refractivity contribution in [3.8, 4) is 0 Å². The molecule has 0 aliphatic heterocycles. The number of methoxy groups -OCH3 is 1. The van der Waals surface area contributed by atoms with E-state index >= 15 is 0 Å². The van der Waals surface area contributed by atoms with Crippen LogP contribution in [0.2, 0.25) is 0 Å². The summed E-state index contributed by atoms with van der Waals surface area (Å²) in [6.45, 7) is 2.68. The number of fused-ring (bicyclic) bond motifs is 1. The quantitative estimate of drug-likeness (QED) is 0.880. The first kappa shape index (κ1) is 14.2. The predicted octanol–water partition coefficient (Wildman–Crippen LogP) is 0.918. The number of nitrogens with one attached hydrogen (secondary N) is 1. The third-order valence-corrected chi connectivity index (χ3v) is 3.00. The van der Waals surface area contributed by atoms with Gasteiger partial charge in [0.1, 0.15) is 12.4 Å². The van der Waals surface area contributed by atoms with Crippen LogP contribution in [0.4, 0.5) is 0 Å². The maximum absolute atomic E-state index is 11.9. The van der Waals surface area contributed by atoms with E-state index < -0.39 is 0 Å². The highest BCUT2D eigenvalue weighted by Gasteiger charge is 2.13. The molecule has 2 aromatic rings. The number of carbonyl (C=O) groups is 1. The molecule has 0 atom stereocenters. The van der Waals surface area contributed by atoms with Crippen LogP contribution in [0.25, 0.3) is 10.9 Å². The number of hydrogen-bond acceptors (Lipinski definition) is 4. The second kappa shape index (κ2) is 6.29. The smallest absolute Gasteiger partial charge is 0.258 e. The molecule has 0 unspecified atom stereocenters. The summed E-state index contributed by atoms with van der Waals surface area (Å²) in [6.07, 6.45) is 0. The van der Waals surface area contributed by atoms with Gasteiger partial charge in [0, 0.05) is 13.7 Å². The number of amides is 1. The second-order valence-corrected chi connectivity index (χ2v) is 4.37. The first-order chi connectivity index (χ1) is 9.65. The molecular weight excluding hydrogens is 258 g/mol. The summed E-state index contributed by atoms with van der Waals surface area (Å²) in [7, 11) is 1.47. The number of hydrogen-bond donors (Lipinski definition) is 1. The number of rotatable bonds is 5. The van der Waals surface area contributed by atoms with Gasteiger partial charge in [0.05, 0.1) is 17.4 Å². The van der Waals surface area contributed by atoms with Gasteiger partial charge in [0.15, 0.2) is 0 Å². The molecule has 20 heavy (non-hydrogen) atoms. The van der Waals surface area contributed by atoms with Gasteiger partial charge in [-0.05, 0) is 19.1 Å². The van der Waals surface area contributed by atoms with E-state index in [-0.39, 0.29) is 24.6 Å². The fraction of sp³-hybridized carbons (Fsp3) is 0.357. The summed E-state index contributed by atoms with van der Waals surface area (Å²) in [5.41, 5.74) is 0.433. The van der Waals surface area contributed by atoms with Crippen molar-refractivity contribution in [2.75, 3.05) is 20.3 Å². The number of aromatic nitrogens is 2. The average Bonchev–Trinajstić information content (AvgIpc) is 2.45. The zero-order chi connectivity index (χ0) is 14.5. The lowest BCUT2D eigenvalue weighted by Crippen LogP contribution is -2.34. The fourth-order valence-electron chi connectivity index (χ4n) is 1.98. The number of ether oxygens (including phenoxy) is 1. The second-order valence-electron chi connectivity index (χ2n) is 4.37. The van der Waals surface area contributed by atoms with E-state index in [0.717, 1.165) is 0 Å². The van der Waals surface area contributed by atoms with Crippen molar-refractivity contribution >= 4 is 16.8 Å². The molecule has 0 fully saturated rings. The molecule has 0 aliphatic rings. The van der Waals surface area contributed by atoms with E-state index in [1.807, 2.05) is 13.0 Å². The Labute approximate surface area is 116 Å². The Kier molecular flexibility index (Phi) is 4.47. The zero-order valence-corrected chi connectivity index (χ0v) is 11.5. The monoisotopic (exact) mass is 275 g/mol. The van der Waals surface area contributed by atoms with Crippen molar-refractivity contribution in [2.24, 2.45) is 0 Å². The molecule has 106 valence electrons. The van der Waals surface area contributed by atoms with Crippen LogP contribution in [-0.4, -0.2) is 41.0 Å². The normalized spacial score (nSPS) is 10.7. The molecule has 0 spiro atoms. The van der Waals surface area contributed by atoms with Crippen molar-refractivity contribution in [3.05, 3.63) is 40.4 Å². The van der Waals surface area contributed by atoms with E-state index in [1.165, 1.54) is 7.11 Å². The van der Waals surface area contributed by atoms with Crippen LogP contribution in [0, 0.1) is 0 Å². The summed E-state index contributed by atoms with van der Waals surface area (Å²) in [5, 5.41) is 0.544. The van der Waals surface area contributed by atoms with Gasteiger partial charge in [-0.3, -0.25) is 9.59 Å². The number of nitrogens with zero attached hydrogens (tertiary/aromatic N) is 2. The Morgan fingerprint density at radius 2 is 2.15 bits per heavy atom. The minimum absolute atomic E-state index is 0.0195. The molecular formula is C14H17N3O3. The molecule has 2 rings (SSSR count). The Bertz CT molecular complexity index is 666. The largest absolute Gasteiger partial charge is 0.375 e. The molecule has 6 heteroatoms. The van der Waals surface area contributed by atoms with Gasteiger partial charge in [-0.2, -0.15) is 0 Å². The van der Waals surface area contributed by atoms with Gasteiger partial charge < -0.3 is 14.6 Å². The predicted molar refractivity (Wildman–Crippen MR) is 75.3 cm³/mol. The van der Waals surface area contributed by atoms with Crippen LogP contribution in [0.15, 0.2) is 29.1 Å². The summed E-state index contributed by atoms with van der Waals surface area (Å²) in [6, 6.07) is 7.12. The number of benzene rings is 1. The summed E-state index contributed by atoms with van der Waals surface area (Å²) >= 11 is 0. The summed E-state index contributed by atoms with van der Waals surface area (Å²) in [4.78, 5) is 32.4. The standard InChI is InChI=1S/C14H17N3O3/c1-3-17(13(18)9-20-2)8-12-15-11-7-5-4-6-10(11)14(19)16-12/h4-7H,3,8-9H2,1-2H3,(H,15,16,19). The molecule has 0 saturated heterocycles. The van der Waals surface area contributed by atoms with Gasteiger partial charge in [0.25, 0.3) is 5.56 Å². The van der Waals surface area contributed by atoms with E-state index in [2.05, 4.69) is 9.97 Å². The van der Waals surface area contributed by atoms with Gasteiger partial charge in [0.2, 0.25) is 5.91 Å². The molecule has 0 bridgehead atoms. The van der Waals surface area contributed by atoms with E-state index in [1.54, 1.807) is 23.1 Å². The van der Waals surface area contributed by atoms with Gasteiger partial charge in [-0.1, -0.05) is 12.1 Å². The summed E-state index contributed by atoms with van der Waals surface area (Å²) < 4.78 is 4.83. The number of para-hydroxylation sites is 1. The Morgan fingerprint density at radius 3 is 2.85 bits per heavy atom. The lowest BCUT2D eigenvalue weighted by atomic mass is 10.2. The minimum Gasteiger partial charge on any atom is -0.375 e. The fourth-order valence-corrected chi connectivity index (χ4v) is 1.98. The maximum Gasteiger partial charge on any atom is 0.258 e. The Balaban J connectivity index is 2.29. The van der Waals surface area contributed by atoms with Crippen LogP contribution in [0.3, 0.4) is 0 Å². The topological polar surface area (TPSA) is 75.3 Å². The number of H-pyrrole nitrogens is 1. The molecule has 1 amide bonds. The Hall–Kier alpha value is -2.21. The molecule has 6 nitrogen and oxygen atoms in total. The van der Waals surface area contributed by atoms with Crippen molar-refractivity contribution in [3.63, 3.8) is 0 Å². The van der Waals surface area contributed by atoms with Crippen molar-refractivity contribution in [1.82, 2.24) is 14.9 Å². The van der Waals surface area contributed by atoms with E-state index in [9.17, 15) is 9.59 Å². The third-order valence-electron chi connectivity index (χ3n) is 3.00. The maximum atomic E-state index is 11.9. The molecule has 1 N–H and O–H groups in total. The Morgan fingerprint density at radius 1 is 1.40 bits per heavy atom. The van der Waals surface area contributed by atoms with Crippen LogP contribution in [0.1, 0.15) is 12.7 Å². The summed E-state index contributed by atoms with van der Waals surface area (Å²) in [5.74, 6) is 0.339. The van der Waals surface area contributed by atoms with Gasteiger partial charge in [-0.15, -0.1) is 0 Å².